The van der Waals surface area contributed by atoms with Crippen LogP contribution in [-0.4, -0.2) is 36.8 Å². The fraction of sp³-hybridized carbons (Fsp3) is 0.0385. The highest BCUT2D eigenvalue weighted by Crippen LogP contribution is 2.44. The average Bonchev–Trinajstić information content (AvgIpc) is 0.772. The van der Waals surface area contributed by atoms with E-state index in [0.29, 0.717) is 0 Å². The molecule has 16 aromatic carbocycles. The van der Waals surface area contributed by atoms with Crippen molar-refractivity contribution >= 4 is 129 Å². The van der Waals surface area contributed by atoms with Gasteiger partial charge in [0.15, 0.2) is 0 Å². The molecule has 8 nitrogen and oxygen atoms in total. The SMILES string of the molecule is Cc1ccc([S@@](=O)c2ccc3ccccc3c2-c2nccc3ccccc23)cc1.Cc1ccc([S@@](=O)c2ccc3ccccc3c2-c2nccc3ccccc23)cc1.Cc1ccc([S@@](=O)c2ccc3ccccc3c2-c2nccc3ccccc23)cc1.Cc1ccc([S@@](=O)c2ccc3ccccc3c2-c2nccc3ccccc23)cc1. The molecular weight excluding hydrogens is 1500 g/mol. The van der Waals surface area contributed by atoms with Crippen LogP contribution in [0.4, 0.5) is 0 Å². The van der Waals surface area contributed by atoms with E-state index in [2.05, 4.69) is 97.1 Å². The molecule has 0 N–H and O–H groups in total. The first kappa shape index (κ1) is 75.5. The third kappa shape index (κ3) is 15.5. The molecule has 0 amide bonds. The Bertz CT molecular complexity index is 6340. The molecule has 0 aliphatic carbocycles. The first-order chi connectivity index (χ1) is 56.9. The van der Waals surface area contributed by atoms with Gasteiger partial charge in [0.2, 0.25) is 0 Å². The Morgan fingerprint density at radius 1 is 0.172 bits per heavy atom. The van der Waals surface area contributed by atoms with E-state index in [0.717, 1.165) is 193 Å². The van der Waals surface area contributed by atoms with Gasteiger partial charge in [-0.1, -0.05) is 289 Å². The molecule has 0 saturated carbocycles. The van der Waals surface area contributed by atoms with Crippen LogP contribution in [-0.2, 0) is 43.2 Å². The number of aryl methyl sites for hydroxylation is 4. The minimum Gasteiger partial charge on any atom is -0.256 e. The second kappa shape index (κ2) is 33.9. The van der Waals surface area contributed by atoms with Crippen molar-refractivity contribution < 1.29 is 16.8 Å². The lowest BCUT2D eigenvalue weighted by Crippen LogP contribution is -1.99. The zero-order chi connectivity index (χ0) is 79.2. The lowest BCUT2D eigenvalue weighted by atomic mass is 9.98. The summed E-state index contributed by atoms with van der Waals surface area (Å²) in [5.41, 5.74) is 11.9. The molecule has 0 unspecified atom stereocenters. The van der Waals surface area contributed by atoms with E-state index < -0.39 is 43.2 Å². The molecule has 116 heavy (non-hydrogen) atoms. The van der Waals surface area contributed by atoms with E-state index in [9.17, 15) is 16.8 Å². The van der Waals surface area contributed by atoms with Crippen LogP contribution in [0.5, 0.6) is 0 Å². The Balaban J connectivity index is 0.000000111. The number of hydrogen-bond acceptors (Lipinski definition) is 8. The van der Waals surface area contributed by atoms with Crippen molar-refractivity contribution in [2.24, 2.45) is 0 Å². The van der Waals surface area contributed by atoms with Gasteiger partial charge in [0.25, 0.3) is 0 Å². The Labute approximate surface area is 683 Å². The third-order valence-corrected chi connectivity index (χ3v) is 26.7. The van der Waals surface area contributed by atoms with Crippen molar-refractivity contribution in [3.8, 4) is 45.0 Å². The molecule has 0 radical (unpaired) electrons. The van der Waals surface area contributed by atoms with Crippen LogP contribution in [0.2, 0.25) is 0 Å². The summed E-state index contributed by atoms with van der Waals surface area (Å²) >= 11 is 0. The lowest BCUT2D eigenvalue weighted by molar-refractivity contribution is 0.682. The Morgan fingerprint density at radius 2 is 0.336 bits per heavy atom. The minimum absolute atomic E-state index is 0.788. The normalized spacial score (nSPS) is 12.3. The van der Waals surface area contributed by atoms with Crippen LogP contribution in [0.1, 0.15) is 22.3 Å². The van der Waals surface area contributed by atoms with Gasteiger partial charge >= 0.3 is 0 Å². The molecule has 20 rings (SSSR count). The highest BCUT2D eigenvalue weighted by atomic mass is 32.2. The number of hydrogen-bond donors (Lipinski definition) is 0. The summed E-state index contributed by atoms with van der Waals surface area (Å²) in [6.07, 6.45) is 7.33. The van der Waals surface area contributed by atoms with Crippen molar-refractivity contribution in [1.29, 1.82) is 0 Å². The molecule has 0 aliphatic rings. The highest BCUT2D eigenvalue weighted by Gasteiger charge is 2.25. The topological polar surface area (TPSA) is 120 Å². The van der Waals surface area contributed by atoms with E-state index in [1.807, 2.05) is 319 Å². The van der Waals surface area contributed by atoms with Gasteiger partial charge in [0.1, 0.15) is 0 Å². The largest absolute Gasteiger partial charge is 0.256 e. The maximum Gasteiger partial charge on any atom is 0.0856 e. The van der Waals surface area contributed by atoms with Gasteiger partial charge in [-0.2, -0.15) is 0 Å². The smallest absolute Gasteiger partial charge is 0.0856 e. The minimum atomic E-state index is -1.31. The lowest BCUT2D eigenvalue weighted by Gasteiger charge is -2.15. The quantitative estimate of drug-likeness (QED) is 0.119. The monoisotopic (exact) mass is 1570 g/mol. The number of benzene rings is 16. The zero-order valence-electron chi connectivity index (χ0n) is 64.0. The van der Waals surface area contributed by atoms with Gasteiger partial charge in [-0.15, -0.1) is 0 Å². The number of rotatable bonds is 12. The summed E-state index contributed by atoms with van der Waals surface area (Å²) in [6.45, 7) is 8.14. The van der Waals surface area contributed by atoms with Crippen LogP contribution >= 0.6 is 0 Å². The van der Waals surface area contributed by atoms with Crippen LogP contribution in [0.3, 0.4) is 0 Å². The Kier molecular flexibility index (Phi) is 22.0. The second-order valence-electron chi connectivity index (χ2n) is 28.5. The fourth-order valence-corrected chi connectivity index (χ4v) is 19.9. The van der Waals surface area contributed by atoms with E-state index in [1.54, 1.807) is 0 Å². The van der Waals surface area contributed by atoms with Crippen LogP contribution in [0, 0.1) is 27.7 Å². The van der Waals surface area contributed by atoms with Crippen molar-refractivity contribution in [2.45, 2.75) is 66.9 Å². The predicted molar refractivity (Wildman–Crippen MR) is 482 cm³/mol. The molecule has 0 fully saturated rings. The highest BCUT2D eigenvalue weighted by molar-refractivity contribution is 7.86. The maximum absolute atomic E-state index is 13.6. The summed E-state index contributed by atoms with van der Waals surface area (Å²) in [6, 6.07) is 122. The third-order valence-electron chi connectivity index (χ3n) is 20.9. The Morgan fingerprint density at radius 3 is 0.526 bits per heavy atom. The number of aromatic nitrogens is 4. The molecule has 0 aliphatic heterocycles. The van der Waals surface area contributed by atoms with E-state index in [-0.39, 0.29) is 0 Å². The molecule has 0 saturated heterocycles. The standard InChI is InChI=1S/4C26H19NOS/c4*1-18-10-13-21(14-11-18)29(28)24-15-12-19-6-2-4-8-22(19)25(24)26-23-9-5-3-7-20(23)16-17-27-26/h4*2-17H,1H3/t4*29-/m1111/s1. The molecule has 4 atom stereocenters. The molecule has 4 heterocycles. The summed E-state index contributed by atoms with van der Waals surface area (Å²) in [7, 11) is -5.22. The number of fused-ring (bicyclic) bond motifs is 8. The number of pyridine rings is 4. The van der Waals surface area contributed by atoms with Crippen LogP contribution in [0.25, 0.3) is 131 Å². The van der Waals surface area contributed by atoms with E-state index >= 15 is 0 Å². The molecule has 20 aromatic rings. The molecule has 4 aromatic heterocycles. The van der Waals surface area contributed by atoms with Gasteiger partial charge < -0.3 is 0 Å². The maximum atomic E-state index is 13.6. The van der Waals surface area contributed by atoms with Crippen molar-refractivity contribution in [2.75, 3.05) is 0 Å². The van der Waals surface area contributed by atoms with Gasteiger partial charge in [-0.25, -0.2) is 16.8 Å². The molecule has 560 valence electrons. The molecule has 0 spiro atoms. The summed E-state index contributed by atoms with van der Waals surface area (Å²) < 4.78 is 54.5. The first-order valence-corrected chi connectivity index (χ1v) is 42.9. The van der Waals surface area contributed by atoms with Crippen molar-refractivity contribution in [1.82, 2.24) is 19.9 Å². The summed E-state index contributed by atoms with van der Waals surface area (Å²) in [5, 5.41) is 17.5. The molecule has 0 bridgehead atoms. The van der Waals surface area contributed by atoms with Gasteiger partial charge in [-0.3, -0.25) is 19.9 Å². The van der Waals surface area contributed by atoms with Crippen LogP contribution in [0.15, 0.2) is 428 Å². The average molecular weight is 1570 g/mol. The number of nitrogens with zero attached hydrogens (tertiary/aromatic N) is 4. The van der Waals surface area contributed by atoms with Crippen LogP contribution < -0.4 is 0 Å². The van der Waals surface area contributed by atoms with Crippen molar-refractivity contribution in [3.63, 3.8) is 0 Å². The van der Waals surface area contributed by atoms with Gasteiger partial charge in [0.05, 0.1) is 85.6 Å². The first-order valence-electron chi connectivity index (χ1n) is 38.3. The van der Waals surface area contributed by atoms with E-state index in [4.69, 9.17) is 19.9 Å². The van der Waals surface area contributed by atoms with Gasteiger partial charge in [-0.05, 0) is 189 Å². The molecule has 12 heteroatoms. The summed E-state index contributed by atoms with van der Waals surface area (Å²) in [4.78, 5) is 25.3. The van der Waals surface area contributed by atoms with Gasteiger partial charge in [0, 0.05) is 88.2 Å². The fourth-order valence-electron chi connectivity index (χ4n) is 15.0. The van der Waals surface area contributed by atoms with E-state index in [1.165, 1.54) is 0 Å². The predicted octanol–water partition coefficient (Wildman–Crippen LogP) is 26.1. The second-order valence-corrected chi connectivity index (χ2v) is 34.3. The summed E-state index contributed by atoms with van der Waals surface area (Å²) in [5.74, 6) is 0. The van der Waals surface area contributed by atoms with Crippen molar-refractivity contribution in [3.05, 3.63) is 411 Å². The zero-order valence-corrected chi connectivity index (χ0v) is 67.3. The molecular formula is C104H76N4O4S4. The Hall–Kier alpha value is -13.2.